The van der Waals surface area contributed by atoms with Crippen LogP contribution in [0.1, 0.15) is 41.7 Å². The van der Waals surface area contributed by atoms with Gasteiger partial charge in [0, 0.05) is 43.9 Å². The Balaban J connectivity index is 0.000000458. The quantitative estimate of drug-likeness (QED) is 0.170. The monoisotopic (exact) mass is 580 g/mol. The predicted molar refractivity (Wildman–Crippen MR) is 160 cm³/mol. The minimum absolute atomic E-state index is 0.0388. The third kappa shape index (κ3) is 8.69. The molecule has 0 bridgehead atoms. The number of carbonyl (C=O) groups is 3. The van der Waals surface area contributed by atoms with Crippen LogP contribution in [0.25, 0.3) is 0 Å². The van der Waals surface area contributed by atoms with E-state index in [9.17, 15) is 24.3 Å². The third-order valence-corrected chi connectivity index (χ3v) is 6.58. The number of likely N-dealkylation sites (N-methyl/N-ethyl adjacent to an activating group) is 1. The number of nitrogens with two attached hydrogens (primary N) is 2. The fourth-order valence-electron chi connectivity index (χ4n) is 4.18. The van der Waals surface area contributed by atoms with Crippen molar-refractivity contribution in [2.24, 2.45) is 5.73 Å². The van der Waals surface area contributed by atoms with Crippen LogP contribution in [0.3, 0.4) is 0 Å². The number of benzene rings is 2. The Bertz CT molecular complexity index is 1430. The molecule has 1 amide bonds. The second kappa shape index (κ2) is 14.5. The molecule has 1 aliphatic rings. The number of nitrogens with zero attached hydrogens (tertiary/aromatic N) is 2. The van der Waals surface area contributed by atoms with Crippen LogP contribution in [0.4, 0.5) is 23.1 Å². The standard InChI is InChI=1S/C20H25N7O6.C8H11N/c1-27-12(9-23-16-15(27)18(31)26-20(21)25-16)8-22-11-4-2-10(3-5-11)17(30)24-13(19(32)33)6-7-14(28)29;1-7(9)8-5-3-2-4-6-8/h2-5,12-13,22H,6-9H2,1H3,(H,24,30)(H,28,29)(H,32,33)(H4,21,23,25,26,31);2-7H,9H2,1H3/t12-,13?;7-/m00/s1. The maximum absolute atomic E-state index is 12.3. The minimum atomic E-state index is -1.30. The molecule has 2 heterocycles. The van der Waals surface area contributed by atoms with Gasteiger partial charge in [-0.1, -0.05) is 30.3 Å². The van der Waals surface area contributed by atoms with E-state index >= 15 is 0 Å². The van der Waals surface area contributed by atoms with Crippen LogP contribution < -0.4 is 37.9 Å². The summed E-state index contributed by atoms with van der Waals surface area (Å²) in [5.74, 6) is -2.59. The van der Waals surface area contributed by atoms with Gasteiger partial charge in [-0.25, -0.2) is 4.79 Å². The van der Waals surface area contributed by atoms with Crippen LogP contribution in [0.5, 0.6) is 0 Å². The highest BCUT2D eigenvalue weighted by molar-refractivity contribution is 5.97. The number of amides is 1. The summed E-state index contributed by atoms with van der Waals surface area (Å²) in [4.78, 5) is 54.9. The number of aliphatic carboxylic acids is 2. The zero-order valence-corrected chi connectivity index (χ0v) is 23.3. The molecule has 2 aromatic carbocycles. The highest BCUT2D eigenvalue weighted by Crippen LogP contribution is 2.25. The van der Waals surface area contributed by atoms with Gasteiger partial charge in [-0.05, 0) is 43.2 Å². The third-order valence-electron chi connectivity index (χ3n) is 6.58. The van der Waals surface area contributed by atoms with Crippen LogP contribution in [0.2, 0.25) is 0 Å². The van der Waals surface area contributed by atoms with Crippen LogP contribution >= 0.6 is 0 Å². The Kier molecular flexibility index (Phi) is 10.8. The number of H-pyrrole nitrogens is 1. The molecule has 0 radical (unpaired) electrons. The number of fused-ring (bicyclic) bond motifs is 1. The Hall–Kier alpha value is -5.11. The van der Waals surface area contributed by atoms with Gasteiger partial charge in [0.25, 0.3) is 11.5 Å². The lowest BCUT2D eigenvalue weighted by atomic mass is 10.1. The molecule has 42 heavy (non-hydrogen) atoms. The summed E-state index contributed by atoms with van der Waals surface area (Å²) >= 11 is 0. The molecular formula is C28H36N8O6. The predicted octanol–water partition coefficient (Wildman–Crippen LogP) is 1.45. The molecular weight excluding hydrogens is 544 g/mol. The van der Waals surface area contributed by atoms with Crippen molar-refractivity contribution in [3.63, 3.8) is 0 Å². The van der Waals surface area contributed by atoms with Crippen molar-refractivity contribution >= 4 is 41.0 Å². The van der Waals surface area contributed by atoms with Crippen molar-refractivity contribution in [3.8, 4) is 0 Å². The summed E-state index contributed by atoms with van der Waals surface area (Å²) in [7, 11) is 1.79. The van der Waals surface area contributed by atoms with Crippen LogP contribution in [-0.4, -0.2) is 70.2 Å². The first-order chi connectivity index (χ1) is 20.0. The average molecular weight is 581 g/mol. The van der Waals surface area contributed by atoms with Crippen molar-refractivity contribution in [3.05, 3.63) is 76.1 Å². The van der Waals surface area contributed by atoms with Gasteiger partial charge in [-0.15, -0.1) is 0 Å². The Labute approximate surface area is 242 Å². The molecule has 0 fully saturated rings. The number of carboxylic acid groups (broad SMARTS) is 2. The normalized spacial score (nSPS) is 15.1. The van der Waals surface area contributed by atoms with E-state index in [2.05, 4.69) is 25.9 Å². The molecule has 3 aromatic rings. The van der Waals surface area contributed by atoms with Gasteiger partial charge < -0.3 is 42.5 Å². The van der Waals surface area contributed by atoms with Crippen molar-refractivity contribution in [2.45, 2.75) is 37.9 Å². The number of rotatable bonds is 10. The second-order valence-corrected chi connectivity index (χ2v) is 9.75. The van der Waals surface area contributed by atoms with Crippen LogP contribution in [0, 0.1) is 0 Å². The number of hydrogen-bond donors (Lipinski definition) is 8. The zero-order chi connectivity index (χ0) is 30.8. The first-order valence-corrected chi connectivity index (χ1v) is 13.2. The van der Waals surface area contributed by atoms with Gasteiger partial charge in [0.05, 0.1) is 6.04 Å². The molecule has 0 saturated carbocycles. The summed E-state index contributed by atoms with van der Waals surface area (Å²) < 4.78 is 0. The maximum atomic E-state index is 12.3. The minimum Gasteiger partial charge on any atom is -0.481 e. The molecule has 1 aromatic heterocycles. The summed E-state index contributed by atoms with van der Waals surface area (Å²) in [6.07, 6.45) is -0.586. The SMILES string of the molecule is CN1c2c(nc(N)[nH]c2=O)NC[C@@H]1CNc1ccc(C(=O)NC(CCC(=O)O)C(=O)O)cc1.C[C@H](N)c1ccccc1. The van der Waals surface area contributed by atoms with Crippen LogP contribution in [-0.2, 0) is 9.59 Å². The van der Waals surface area contributed by atoms with Gasteiger partial charge in [0.1, 0.15) is 11.7 Å². The van der Waals surface area contributed by atoms with Gasteiger partial charge in [-0.3, -0.25) is 19.4 Å². The molecule has 10 N–H and O–H groups in total. The second-order valence-electron chi connectivity index (χ2n) is 9.75. The van der Waals surface area contributed by atoms with Gasteiger partial charge >= 0.3 is 11.9 Å². The lowest BCUT2D eigenvalue weighted by molar-refractivity contribution is -0.140. The largest absolute Gasteiger partial charge is 0.481 e. The lowest BCUT2D eigenvalue weighted by Crippen LogP contribution is -2.48. The van der Waals surface area contributed by atoms with E-state index < -0.39 is 23.9 Å². The number of carboxylic acids is 2. The first-order valence-electron chi connectivity index (χ1n) is 13.2. The lowest BCUT2D eigenvalue weighted by Gasteiger charge is -2.35. The van der Waals surface area contributed by atoms with E-state index in [0.717, 1.165) is 5.69 Å². The first kappa shape index (κ1) is 31.4. The summed E-state index contributed by atoms with van der Waals surface area (Å²) in [6.45, 7) is 2.99. The molecule has 14 heteroatoms. The molecule has 0 aliphatic carbocycles. The molecule has 0 spiro atoms. The molecule has 14 nitrogen and oxygen atoms in total. The molecule has 224 valence electrons. The number of aromatic nitrogens is 2. The number of carbonyl (C=O) groups excluding carboxylic acids is 1. The average Bonchev–Trinajstić information content (AvgIpc) is 2.95. The van der Waals surface area contributed by atoms with Gasteiger partial charge in [-0.2, -0.15) is 4.98 Å². The molecule has 4 rings (SSSR count). The molecule has 1 unspecified atom stereocenters. The van der Waals surface area contributed by atoms with E-state index in [0.29, 0.717) is 24.6 Å². The number of aromatic amines is 1. The Morgan fingerprint density at radius 3 is 2.36 bits per heavy atom. The number of nitrogens with one attached hydrogen (secondary N) is 4. The number of hydrogen-bond acceptors (Lipinski definition) is 10. The van der Waals surface area contributed by atoms with E-state index in [-0.39, 0.29) is 42.0 Å². The zero-order valence-electron chi connectivity index (χ0n) is 23.3. The fraction of sp³-hybridized carbons (Fsp3) is 0.321. The van der Waals surface area contributed by atoms with Crippen molar-refractivity contribution < 1.29 is 24.6 Å². The van der Waals surface area contributed by atoms with E-state index in [4.69, 9.17) is 16.6 Å². The highest BCUT2D eigenvalue weighted by Gasteiger charge is 2.27. The van der Waals surface area contributed by atoms with Crippen molar-refractivity contribution in [1.82, 2.24) is 15.3 Å². The maximum Gasteiger partial charge on any atom is 0.326 e. The van der Waals surface area contributed by atoms with E-state index in [1.165, 1.54) is 17.7 Å². The Morgan fingerprint density at radius 2 is 1.79 bits per heavy atom. The van der Waals surface area contributed by atoms with Crippen molar-refractivity contribution in [1.29, 1.82) is 0 Å². The van der Waals surface area contributed by atoms with Crippen molar-refractivity contribution in [2.75, 3.05) is 41.4 Å². The van der Waals surface area contributed by atoms with E-state index in [1.807, 2.05) is 42.2 Å². The summed E-state index contributed by atoms with van der Waals surface area (Å²) in [5, 5.41) is 26.6. The molecule has 3 atom stereocenters. The fourth-order valence-corrected chi connectivity index (χ4v) is 4.18. The number of nitrogen functional groups attached to an aromatic ring is 1. The highest BCUT2D eigenvalue weighted by atomic mass is 16.4. The summed E-state index contributed by atoms with van der Waals surface area (Å²) in [6, 6.07) is 15.2. The Morgan fingerprint density at radius 1 is 1.12 bits per heavy atom. The molecule has 1 aliphatic heterocycles. The topological polar surface area (TPSA) is 229 Å². The number of anilines is 4. The van der Waals surface area contributed by atoms with E-state index in [1.54, 1.807) is 19.2 Å². The smallest absolute Gasteiger partial charge is 0.326 e. The van der Waals surface area contributed by atoms with Gasteiger partial charge in [0.15, 0.2) is 5.82 Å². The van der Waals surface area contributed by atoms with Gasteiger partial charge in [0.2, 0.25) is 5.95 Å². The summed E-state index contributed by atoms with van der Waals surface area (Å²) in [5.41, 5.74) is 13.4. The van der Waals surface area contributed by atoms with Crippen LogP contribution in [0.15, 0.2) is 59.4 Å². The molecule has 0 saturated heterocycles.